The van der Waals surface area contributed by atoms with E-state index in [1.54, 1.807) is 18.3 Å². The van der Waals surface area contributed by atoms with Crippen LogP contribution in [0.1, 0.15) is 31.9 Å². The molecule has 1 N–H and O–H groups in total. The third-order valence-corrected chi connectivity index (χ3v) is 4.71. The molecule has 2 heterocycles. The molecule has 0 aliphatic carbocycles. The molecule has 0 bridgehead atoms. The normalized spacial score (nSPS) is 11.5. The SMILES string of the molecule is CC(C)(C)c1ccc2nc(-c3ccc(-c4ncccc4C#N)cc3)[nH]c2c1. The molecule has 0 unspecified atom stereocenters. The summed E-state index contributed by atoms with van der Waals surface area (Å²) in [4.78, 5) is 12.5. The van der Waals surface area contributed by atoms with Gasteiger partial charge < -0.3 is 4.98 Å². The molecule has 0 saturated carbocycles. The number of pyridine rings is 1. The van der Waals surface area contributed by atoms with Crippen molar-refractivity contribution in [3.8, 4) is 28.7 Å². The first-order chi connectivity index (χ1) is 13.0. The molecule has 2 aromatic carbocycles. The van der Waals surface area contributed by atoms with Crippen LogP contribution in [0.3, 0.4) is 0 Å². The van der Waals surface area contributed by atoms with E-state index in [-0.39, 0.29) is 5.41 Å². The average molecular weight is 352 g/mol. The second-order valence-electron chi connectivity index (χ2n) is 7.66. The van der Waals surface area contributed by atoms with Crippen LogP contribution in [0, 0.1) is 11.3 Å². The summed E-state index contributed by atoms with van der Waals surface area (Å²) >= 11 is 0. The molecule has 0 spiro atoms. The van der Waals surface area contributed by atoms with Crippen LogP contribution in [0.2, 0.25) is 0 Å². The highest BCUT2D eigenvalue weighted by Crippen LogP contribution is 2.28. The molecule has 4 rings (SSSR count). The van der Waals surface area contributed by atoms with Gasteiger partial charge in [0.25, 0.3) is 0 Å². The Morgan fingerprint density at radius 2 is 1.70 bits per heavy atom. The lowest BCUT2D eigenvalue weighted by Gasteiger charge is -2.18. The van der Waals surface area contributed by atoms with Crippen molar-refractivity contribution in [1.29, 1.82) is 5.26 Å². The van der Waals surface area contributed by atoms with Gasteiger partial charge in [-0.05, 0) is 35.2 Å². The van der Waals surface area contributed by atoms with Crippen LogP contribution in [0.15, 0.2) is 60.8 Å². The van der Waals surface area contributed by atoms with E-state index in [0.717, 1.165) is 28.0 Å². The number of hydrogen-bond acceptors (Lipinski definition) is 3. The van der Waals surface area contributed by atoms with Crippen molar-refractivity contribution in [3.63, 3.8) is 0 Å². The minimum atomic E-state index is 0.0994. The standard InChI is InChI=1S/C23H20N4/c1-23(2,3)18-10-11-19-20(13-18)27-22(26-19)16-8-6-15(7-9-16)21-17(14-24)5-4-12-25-21/h4-13H,1-3H3,(H,26,27). The predicted molar refractivity (Wildman–Crippen MR) is 108 cm³/mol. The monoisotopic (exact) mass is 352 g/mol. The number of imidazole rings is 1. The maximum Gasteiger partial charge on any atom is 0.138 e. The van der Waals surface area contributed by atoms with E-state index in [2.05, 4.69) is 55.0 Å². The molecular weight excluding hydrogens is 332 g/mol. The Labute approximate surface area is 158 Å². The Morgan fingerprint density at radius 1 is 0.963 bits per heavy atom. The van der Waals surface area contributed by atoms with Gasteiger partial charge in [0.1, 0.15) is 11.9 Å². The minimum Gasteiger partial charge on any atom is -0.338 e. The fourth-order valence-corrected chi connectivity index (χ4v) is 3.12. The molecule has 4 nitrogen and oxygen atoms in total. The summed E-state index contributed by atoms with van der Waals surface area (Å²) in [7, 11) is 0. The quantitative estimate of drug-likeness (QED) is 0.521. The molecule has 0 amide bonds. The molecule has 0 aliphatic rings. The lowest BCUT2D eigenvalue weighted by molar-refractivity contribution is 0.591. The van der Waals surface area contributed by atoms with E-state index in [9.17, 15) is 5.26 Å². The first-order valence-electron chi connectivity index (χ1n) is 8.92. The van der Waals surface area contributed by atoms with Crippen molar-refractivity contribution in [2.24, 2.45) is 0 Å². The van der Waals surface area contributed by atoms with Crippen molar-refractivity contribution < 1.29 is 0 Å². The summed E-state index contributed by atoms with van der Waals surface area (Å²) in [5, 5.41) is 9.27. The Bertz CT molecular complexity index is 1160. The number of nitrogens with one attached hydrogen (secondary N) is 1. The Kier molecular flexibility index (Phi) is 4.01. The minimum absolute atomic E-state index is 0.0994. The zero-order valence-corrected chi connectivity index (χ0v) is 15.6. The van der Waals surface area contributed by atoms with Crippen molar-refractivity contribution in [2.45, 2.75) is 26.2 Å². The fraction of sp³-hybridized carbons (Fsp3) is 0.174. The van der Waals surface area contributed by atoms with Gasteiger partial charge in [-0.25, -0.2) is 4.98 Å². The van der Waals surface area contributed by atoms with Crippen LogP contribution in [0.4, 0.5) is 0 Å². The number of nitriles is 1. The number of hydrogen-bond donors (Lipinski definition) is 1. The van der Waals surface area contributed by atoms with Crippen molar-refractivity contribution in [1.82, 2.24) is 15.0 Å². The number of nitrogens with zero attached hydrogens (tertiary/aromatic N) is 3. The van der Waals surface area contributed by atoms with Crippen LogP contribution in [0.5, 0.6) is 0 Å². The molecule has 132 valence electrons. The highest BCUT2D eigenvalue weighted by atomic mass is 14.9. The van der Waals surface area contributed by atoms with E-state index >= 15 is 0 Å². The van der Waals surface area contributed by atoms with Gasteiger partial charge in [0, 0.05) is 17.3 Å². The van der Waals surface area contributed by atoms with Crippen LogP contribution < -0.4 is 0 Å². The average Bonchev–Trinajstić information content (AvgIpc) is 3.11. The van der Waals surface area contributed by atoms with E-state index in [0.29, 0.717) is 11.3 Å². The molecule has 4 heteroatoms. The zero-order chi connectivity index (χ0) is 19.0. The maximum atomic E-state index is 9.27. The predicted octanol–water partition coefficient (Wildman–Crippen LogP) is 5.46. The summed E-state index contributed by atoms with van der Waals surface area (Å²) in [6.07, 6.45) is 1.70. The topological polar surface area (TPSA) is 65.4 Å². The third-order valence-electron chi connectivity index (χ3n) is 4.71. The van der Waals surface area contributed by atoms with Crippen molar-refractivity contribution in [3.05, 3.63) is 71.9 Å². The van der Waals surface area contributed by atoms with Crippen LogP contribution >= 0.6 is 0 Å². The van der Waals surface area contributed by atoms with Crippen molar-refractivity contribution >= 4 is 11.0 Å². The van der Waals surface area contributed by atoms with Crippen LogP contribution in [0.25, 0.3) is 33.7 Å². The Hall–Kier alpha value is -3.45. The smallest absolute Gasteiger partial charge is 0.138 e. The molecule has 2 aromatic heterocycles. The van der Waals surface area contributed by atoms with Crippen LogP contribution in [-0.4, -0.2) is 15.0 Å². The molecule has 0 aliphatic heterocycles. The first kappa shape index (κ1) is 17.0. The van der Waals surface area contributed by atoms with Crippen molar-refractivity contribution in [2.75, 3.05) is 0 Å². The van der Waals surface area contributed by atoms with Gasteiger partial charge in [0.2, 0.25) is 0 Å². The number of H-pyrrole nitrogens is 1. The molecule has 0 saturated heterocycles. The zero-order valence-electron chi connectivity index (χ0n) is 15.6. The molecule has 0 radical (unpaired) electrons. The number of rotatable bonds is 2. The van der Waals surface area contributed by atoms with E-state index in [1.807, 2.05) is 24.3 Å². The second kappa shape index (κ2) is 6.37. The summed E-state index contributed by atoms with van der Waals surface area (Å²) in [5.41, 5.74) is 6.57. The summed E-state index contributed by atoms with van der Waals surface area (Å²) in [6, 6.07) is 20.1. The highest BCUT2D eigenvalue weighted by molar-refractivity contribution is 5.81. The first-order valence-corrected chi connectivity index (χ1v) is 8.92. The molecule has 0 fully saturated rings. The second-order valence-corrected chi connectivity index (χ2v) is 7.66. The Balaban J connectivity index is 1.71. The van der Waals surface area contributed by atoms with Gasteiger partial charge in [-0.1, -0.05) is 51.1 Å². The molecule has 4 aromatic rings. The molecule has 0 atom stereocenters. The van der Waals surface area contributed by atoms with Gasteiger partial charge in [0.05, 0.1) is 22.3 Å². The van der Waals surface area contributed by atoms with E-state index in [4.69, 9.17) is 4.98 Å². The number of fused-ring (bicyclic) bond motifs is 1. The lowest BCUT2D eigenvalue weighted by atomic mass is 9.87. The summed E-state index contributed by atoms with van der Waals surface area (Å²) in [6.45, 7) is 6.62. The molecule has 27 heavy (non-hydrogen) atoms. The maximum absolute atomic E-state index is 9.27. The van der Waals surface area contributed by atoms with E-state index in [1.165, 1.54) is 5.56 Å². The largest absolute Gasteiger partial charge is 0.338 e. The third kappa shape index (κ3) is 3.20. The van der Waals surface area contributed by atoms with E-state index < -0.39 is 0 Å². The van der Waals surface area contributed by atoms with Gasteiger partial charge in [-0.3, -0.25) is 4.98 Å². The lowest BCUT2D eigenvalue weighted by Crippen LogP contribution is -2.10. The van der Waals surface area contributed by atoms with Gasteiger partial charge in [0.15, 0.2) is 0 Å². The van der Waals surface area contributed by atoms with Crippen LogP contribution in [-0.2, 0) is 5.41 Å². The number of aromatic nitrogens is 3. The summed E-state index contributed by atoms with van der Waals surface area (Å²) < 4.78 is 0. The summed E-state index contributed by atoms with van der Waals surface area (Å²) in [5.74, 6) is 0.837. The number of aromatic amines is 1. The number of benzene rings is 2. The highest BCUT2D eigenvalue weighted by Gasteiger charge is 2.15. The molecular formula is C23H20N4. The Morgan fingerprint density at radius 3 is 2.41 bits per heavy atom. The van der Waals surface area contributed by atoms with Gasteiger partial charge in [-0.15, -0.1) is 0 Å². The van der Waals surface area contributed by atoms with Gasteiger partial charge >= 0.3 is 0 Å². The van der Waals surface area contributed by atoms with Gasteiger partial charge in [-0.2, -0.15) is 5.26 Å². The fourth-order valence-electron chi connectivity index (χ4n) is 3.12.